The molecule has 0 N–H and O–H groups in total. The Bertz CT molecular complexity index is 2970. The summed E-state index contributed by atoms with van der Waals surface area (Å²) in [6, 6.07) is 65.1. The fraction of sp³-hybridized carbons (Fsp3) is 0. The van der Waals surface area contributed by atoms with E-state index in [1.165, 1.54) is 65.6 Å². The molecule has 0 unspecified atom stereocenters. The second kappa shape index (κ2) is 11.1. The van der Waals surface area contributed by atoms with Gasteiger partial charge in [-0.2, -0.15) is 5.26 Å². The van der Waals surface area contributed by atoms with E-state index < -0.39 is 0 Å². The summed E-state index contributed by atoms with van der Waals surface area (Å²) >= 11 is 0. The average molecular weight is 636 g/mol. The molecule has 0 fully saturated rings. The van der Waals surface area contributed by atoms with Crippen LogP contribution in [-0.4, -0.2) is 9.13 Å². The van der Waals surface area contributed by atoms with Crippen molar-refractivity contribution >= 4 is 54.4 Å². The van der Waals surface area contributed by atoms with E-state index >= 15 is 0 Å². The third-order valence-corrected chi connectivity index (χ3v) is 10.1. The molecule has 3 nitrogen and oxygen atoms in total. The third-order valence-electron chi connectivity index (χ3n) is 10.1. The monoisotopic (exact) mass is 635 g/mol. The van der Waals surface area contributed by atoms with Crippen molar-refractivity contribution in [3.63, 3.8) is 0 Å². The van der Waals surface area contributed by atoms with E-state index in [1.807, 2.05) is 24.3 Å². The molecular weight excluding hydrogens is 607 g/mol. The van der Waals surface area contributed by atoms with E-state index in [4.69, 9.17) is 0 Å². The van der Waals surface area contributed by atoms with Crippen molar-refractivity contribution in [1.29, 1.82) is 5.26 Å². The van der Waals surface area contributed by atoms with E-state index in [0.29, 0.717) is 5.56 Å². The zero-order valence-electron chi connectivity index (χ0n) is 27.1. The van der Waals surface area contributed by atoms with Crippen molar-refractivity contribution < 1.29 is 0 Å². The van der Waals surface area contributed by atoms with Gasteiger partial charge >= 0.3 is 0 Å². The highest BCUT2D eigenvalue weighted by Crippen LogP contribution is 2.41. The van der Waals surface area contributed by atoms with Crippen molar-refractivity contribution in [2.45, 2.75) is 0 Å². The first kappa shape index (κ1) is 28.2. The second-order valence-corrected chi connectivity index (χ2v) is 12.9. The molecule has 0 aliphatic rings. The Labute approximate surface area is 289 Å². The summed E-state index contributed by atoms with van der Waals surface area (Å²) in [7, 11) is 0. The van der Waals surface area contributed by atoms with Crippen LogP contribution >= 0.6 is 0 Å². The van der Waals surface area contributed by atoms with Gasteiger partial charge in [0.2, 0.25) is 0 Å². The molecule has 8 aromatic carbocycles. The molecule has 0 bridgehead atoms. The molecule has 232 valence electrons. The Morgan fingerprint density at radius 2 is 0.860 bits per heavy atom. The van der Waals surface area contributed by atoms with E-state index in [2.05, 4.69) is 167 Å². The summed E-state index contributed by atoms with van der Waals surface area (Å²) in [6.07, 6.45) is 0. The Morgan fingerprint density at radius 3 is 1.40 bits per heavy atom. The predicted octanol–water partition coefficient (Wildman–Crippen LogP) is 12.2. The van der Waals surface area contributed by atoms with Crippen LogP contribution in [0.3, 0.4) is 0 Å². The molecule has 2 heterocycles. The van der Waals surface area contributed by atoms with Gasteiger partial charge in [-0.05, 0) is 106 Å². The largest absolute Gasteiger partial charge is 0.309 e. The molecule has 0 aliphatic heterocycles. The molecule has 0 amide bonds. The van der Waals surface area contributed by atoms with Crippen molar-refractivity contribution in [3.8, 4) is 39.7 Å². The van der Waals surface area contributed by atoms with E-state index in [1.54, 1.807) is 0 Å². The molecule has 2 aromatic heterocycles. The summed E-state index contributed by atoms with van der Waals surface area (Å²) < 4.78 is 4.66. The standard InChI is InChI=1S/C47H29N3/c48-30-31-20-24-36(25-21-31)50-44-19-7-5-15-40(44)42-29-34(23-27-46(42)50)38-17-9-11-32-10-8-16-37(47(32)38)33-22-26-45-41(28-33)39-14-4-6-18-43(39)49(45)35-12-2-1-3-13-35/h1-29H. The van der Waals surface area contributed by atoms with Gasteiger partial charge in [0.15, 0.2) is 0 Å². The molecule has 10 rings (SSSR count). The molecular formula is C47H29N3. The molecule has 0 aliphatic carbocycles. The van der Waals surface area contributed by atoms with Crippen LogP contribution in [-0.2, 0) is 0 Å². The number of nitrogens with zero attached hydrogens (tertiary/aromatic N) is 3. The Balaban J connectivity index is 1.18. The maximum atomic E-state index is 9.38. The van der Waals surface area contributed by atoms with Crippen LogP contribution < -0.4 is 0 Å². The predicted molar refractivity (Wildman–Crippen MR) is 208 cm³/mol. The lowest BCUT2D eigenvalue weighted by molar-refractivity contribution is 1.18. The van der Waals surface area contributed by atoms with Crippen molar-refractivity contribution in [1.82, 2.24) is 9.13 Å². The Morgan fingerprint density at radius 1 is 0.380 bits per heavy atom. The first-order valence-corrected chi connectivity index (χ1v) is 16.9. The molecule has 10 aromatic rings. The lowest BCUT2D eigenvalue weighted by Crippen LogP contribution is -1.94. The number of hydrogen-bond acceptors (Lipinski definition) is 1. The van der Waals surface area contributed by atoms with Crippen LogP contribution in [0.15, 0.2) is 176 Å². The number of aromatic nitrogens is 2. The summed E-state index contributed by atoms with van der Waals surface area (Å²) in [6.45, 7) is 0. The number of para-hydroxylation sites is 3. The summed E-state index contributed by atoms with van der Waals surface area (Å²) in [5.74, 6) is 0. The highest BCUT2D eigenvalue weighted by Gasteiger charge is 2.17. The number of benzene rings is 8. The van der Waals surface area contributed by atoms with Crippen molar-refractivity contribution in [3.05, 3.63) is 181 Å². The van der Waals surface area contributed by atoms with Crippen molar-refractivity contribution in [2.24, 2.45) is 0 Å². The van der Waals surface area contributed by atoms with Gasteiger partial charge in [0.25, 0.3) is 0 Å². The summed E-state index contributed by atoms with van der Waals surface area (Å²) in [5.41, 5.74) is 12.4. The van der Waals surface area contributed by atoms with Gasteiger partial charge in [-0.1, -0.05) is 103 Å². The number of fused-ring (bicyclic) bond motifs is 7. The van der Waals surface area contributed by atoms with Gasteiger partial charge in [0.05, 0.1) is 33.7 Å². The van der Waals surface area contributed by atoms with Gasteiger partial charge in [-0.3, -0.25) is 0 Å². The van der Waals surface area contributed by atoms with Gasteiger partial charge in [-0.15, -0.1) is 0 Å². The molecule has 0 radical (unpaired) electrons. The SMILES string of the molecule is N#Cc1ccc(-n2c3ccccc3c3cc(-c4cccc5cccc(-c6ccc7c(c6)c6ccccc6n7-c6ccccc6)c45)ccc32)cc1. The lowest BCUT2D eigenvalue weighted by atomic mass is 9.90. The van der Waals surface area contributed by atoms with Crippen LogP contribution in [0.4, 0.5) is 0 Å². The highest BCUT2D eigenvalue weighted by atomic mass is 15.0. The normalized spacial score (nSPS) is 11.6. The van der Waals surface area contributed by atoms with Crippen LogP contribution in [0.1, 0.15) is 5.56 Å². The number of nitriles is 1. The zero-order chi connectivity index (χ0) is 33.2. The quantitative estimate of drug-likeness (QED) is 0.189. The summed E-state index contributed by atoms with van der Waals surface area (Å²) in [5, 5.41) is 16.7. The van der Waals surface area contributed by atoms with E-state index in [0.717, 1.165) is 22.4 Å². The van der Waals surface area contributed by atoms with E-state index in [-0.39, 0.29) is 0 Å². The Kier molecular flexibility index (Phi) is 6.24. The number of rotatable bonds is 4. The topological polar surface area (TPSA) is 33.6 Å². The van der Waals surface area contributed by atoms with E-state index in [9.17, 15) is 5.26 Å². The van der Waals surface area contributed by atoms with Gasteiger partial charge in [0, 0.05) is 32.9 Å². The van der Waals surface area contributed by atoms with Crippen LogP contribution in [0.2, 0.25) is 0 Å². The zero-order valence-corrected chi connectivity index (χ0v) is 27.1. The molecule has 0 saturated carbocycles. The highest BCUT2D eigenvalue weighted by molar-refractivity contribution is 6.14. The first-order valence-electron chi connectivity index (χ1n) is 16.9. The van der Waals surface area contributed by atoms with Crippen LogP contribution in [0.5, 0.6) is 0 Å². The molecule has 0 saturated heterocycles. The minimum atomic E-state index is 0.657. The van der Waals surface area contributed by atoms with Crippen LogP contribution in [0.25, 0.3) is 88.0 Å². The fourth-order valence-corrected chi connectivity index (χ4v) is 7.92. The summed E-state index contributed by atoms with van der Waals surface area (Å²) in [4.78, 5) is 0. The first-order chi connectivity index (χ1) is 24.8. The minimum Gasteiger partial charge on any atom is -0.309 e. The van der Waals surface area contributed by atoms with Crippen LogP contribution in [0, 0.1) is 11.3 Å². The van der Waals surface area contributed by atoms with Gasteiger partial charge in [0.1, 0.15) is 0 Å². The van der Waals surface area contributed by atoms with Gasteiger partial charge in [-0.25, -0.2) is 0 Å². The molecule has 0 spiro atoms. The third kappa shape index (κ3) is 4.23. The maximum Gasteiger partial charge on any atom is 0.0991 e. The fourth-order valence-electron chi connectivity index (χ4n) is 7.92. The molecule has 3 heteroatoms. The minimum absolute atomic E-state index is 0.657. The molecule has 0 atom stereocenters. The average Bonchev–Trinajstić information content (AvgIpc) is 3.70. The van der Waals surface area contributed by atoms with Crippen molar-refractivity contribution in [2.75, 3.05) is 0 Å². The number of hydrogen-bond donors (Lipinski definition) is 0. The molecule has 50 heavy (non-hydrogen) atoms. The smallest absolute Gasteiger partial charge is 0.0991 e. The lowest BCUT2D eigenvalue weighted by Gasteiger charge is -2.14. The Hall–Kier alpha value is -6.89. The van der Waals surface area contributed by atoms with Gasteiger partial charge < -0.3 is 9.13 Å². The second-order valence-electron chi connectivity index (χ2n) is 12.9. The maximum absolute atomic E-state index is 9.38.